The van der Waals surface area contributed by atoms with E-state index in [1.54, 1.807) is 0 Å². The Labute approximate surface area is 113 Å². The molecule has 0 atom stereocenters. The topological polar surface area (TPSA) is 47.9 Å². The molecule has 1 N–H and O–H groups in total. The molecule has 0 saturated heterocycles. The van der Waals surface area contributed by atoms with Gasteiger partial charge in [-0.15, -0.1) is 0 Å². The fourth-order valence-electron chi connectivity index (χ4n) is 1.56. The van der Waals surface area contributed by atoms with Gasteiger partial charge in [-0.2, -0.15) is 26.3 Å². The van der Waals surface area contributed by atoms with E-state index in [2.05, 4.69) is 0 Å². The molecular weight excluding hydrogens is 314 g/mol. The van der Waals surface area contributed by atoms with Crippen molar-refractivity contribution in [3.63, 3.8) is 0 Å². The zero-order chi connectivity index (χ0) is 16.2. The van der Waals surface area contributed by atoms with Crippen LogP contribution in [-0.2, 0) is 13.3 Å². The highest BCUT2D eigenvalue weighted by Crippen LogP contribution is 2.46. The zero-order valence-electron chi connectivity index (χ0n) is 11.1. The minimum atomic E-state index is -5.82. The van der Waals surface area contributed by atoms with Crippen molar-refractivity contribution in [2.75, 3.05) is 21.3 Å². The molecule has 0 aromatic carbocycles. The van der Waals surface area contributed by atoms with E-state index < -0.39 is 39.6 Å². The van der Waals surface area contributed by atoms with Gasteiger partial charge in [0.15, 0.2) is 0 Å². The number of aliphatic hydroxyl groups is 1. The highest BCUT2D eigenvalue weighted by atomic mass is 28.4. The molecule has 11 heteroatoms. The summed E-state index contributed by atoms with van der Waals surface area (Å²) in [4.78, 5) is 0. The molecule has 20 heavy (non-hydrogen) atoms. The molecule has 0 radical (unpaired) electrons. The van der Waals surface area contributed by atoms with Crippen LogP contribution < -0.4 is 0 Å². The normalized spacial score (nSPS) is 14.7. The minimum absolute atomic E-state index is 0.287. The van der Waals surface area contributed by atoms with Crippen molar-refractivity contribution >= 4 is 8.80 Å². The lowest BCUT2D eigenvalue weighted by molar-refractivity contribution is -0.370. The van der Waals surface area contributed by atoms with Gasteiger partial charge in [-0.3, -0.25) is 0 Å². The van der Waals surface area contributed by atoms with Crippen LogP contribution in [0.3, 0.4) is 0 Å². The highest BCUT2D eigenvalue weighted by molar-refractivity contribution is 6.60. The van der Waals surface area contributed by atoms with Crippen LogP contribution in [0.4, 0.5) is 26.3 Å². The maximum absolute atomic E-state index is 12.4. The molecule has 0 rings (SSSR count). The molecule has 0 saturated carbocycles. The van der Waals surface area contributed by atoms with E-state index in [1.165, 1.54) is 21.3 Å². The van der Waals surface area contributed by atoms with Crippen molar-refractivity contribution in [2.24, 2.45) is 0 Å². The summed E-state index contributed by atoms with van der Waals surface area (Å²) in [6, 6.07) is -0.287. The Morgan fingerprint density at radius 3 is 1.45 bits per heavy atom. The third-order valence-electron chi connectivity index (χ3n) is 2.89. The van der Waals surface area contributed by atoms with Crippen LogP contribution >= 0.6 is 0 Å². The molecule has 0 aliphatic heterocycles. The Morgan fingerprint density at radius 2 is 1.20 bits per heavy atom. The second-order valence-electron chi connectivity index (χ2n) is 4.00. The Morgan fingerprint density at radius 1 is 0.850 bits per heavy atom. The first-order valence-electron chi connectivity index (χ1n) is 5.40. The molecule has 0 spiro atoms. The van der Waals surface area contributed by atoms with Gasteiger partial charge in [0.05, 0.1) is 0 Å². The molecule has 0 aliphatic carbocycles. The van der Waals surface area contributed by atoms with Crippen LogP contribution in [-0.4, -0.2) is 53.2 Å². The monoisotopic (exact) mass is 330 g/mol. The van der Waals surface area contributed by atoms with E-state index >= 15 is 0 Å². The number of hydrogen-bond donors (Lipinski definition) is 1. The number of hydrogen-bond acceptors (Lipinski definition) is 4. The van der Waals surface area contributed by atoms with E-state index in [4.69, 9.17) is 18.4 Å². The summed E-state index contributed by atoms with van der Waals surface area (Å²) >= 11 is 0. The van der Waals surface area contributed by atoms with Gasteiger partial charge in [0.2, 0.25) is 0 Å². The van der Waals surface area contributed by atoms with Crippen LogP contribution in [0, 0.1) is 0 Å². The number of rotatable bonds is 7. The first-order valence-corrected chi connectivity index (χ1v) is 7.33. The minimum Gasteiger partial charge on any atom is -0.377 e. The van der Waals surface area contributed by atoms with Crippen LogP contribution in [0.15, 0.2) is 0 Å². The number of halogens is 6. The van der Waals surface area contributed by atoms with E-state index in [0.717, 1.165) is 0 Å². The van der Waals surface area contributed by atoms with Gasteiger partial charge in [-0.25, -0.2) is 0 Å². The third-order valence-corrected chi connectivity index (χ3v) is 5.72. The van der Waals surface area contributed by atoms with E-state index in [-0.39, 0.29) is 6.04 Å². The highest BCUT2D eigenvalue weighted by Gasteiger charge is 2.69. The molecule has 4 nitrogen and oxygen atoms in total. The zero-order valence-corrected chi connectivity index (χ0v) is 12.1. The average molecular weight is 330 g/mol. The molecule has 0 heterocycles. The first kappa shape index (κ1) is 19.6. The lowest BCUT2D eigenvalue weighted by Gasteiger charge is -2.33. The molecule has 0 unspecified atom stereocenters. The van der Waals surface area contributed by atoms with Gasteiger partial charge in [0, 0.05) is 27.4 Å². The molecule has 0 aliphatic rings. The SMILES string of the molecule is CO[Si](CCCC(O)(C(F)(F)F)C(F)(F)F)(OC)OC. The standard InChI is InChI=1S/C9H16F6O4Si/c1-17-20(18-2,19-3)6-4-5-7(16,8(10,11)12)9(13,14)15/h16H,4-6H2,1-3H3. The summed E-state index contributed by atoms with van der Waals surface area (Å²) in [6.07, 6.45) is -13.8. The first-order chi connectivity index (χ1) is 8.89. The Balaban J connectivity index is 4.91. The summed E-state index contributed by atoms with van der Waals surface area (Å²) in [5, 5.41) is 8.94. The number of alkyl halides is 6. The van der Waals surface area contributed by atoms with Gasteiger partial charge >= 0.3 is 21.2 Å². The van der Waals surface area contributed by atoms with Gasteiger partial charge in [-0.05, 0) is 12.8 Å². The van der Waals surface area contributed by atoms with Crippen LogP contribution in [0.1, 0.15) is 12.8 Å². The maximum Gasteiger partial charge on any atom is 0.500 e. The Kier molecular flexibility index (Phi) is 6.48. The van der Waals surface area contributed by atoms with Crippen molar-refractivity contribution in [1.29, 1.82) is 0 Å². The smallest absolute Gasteiger partial charge is 0.377 e. The fourth-order valence-corrected chi connectivity index (χ4v) is 3.28. The lowest BCUT2D eigenvalue weighted by atomic mass is 9.97. The molecular formula is C9H16F6O4Si. The van der Waals surface area contributed by atoms with Crippen molar-refractivity contribution in [1.82, 2.24) is 0 Å². The van der Waals surface area contributed by atoms with Gasteiger partial charge < -0.3 is 18.4 Å². The second-order valence-corrected chi connectivity index (χ2v) is 7.10. The molecule has 0 bridgehead atoms. The molecule has 122 valence electrons. The van der Waals surface area contributed by atoms with Crippen LogP contribution in [0.25, 0.3) is 0 Å². The van der Waals surface area contributed by atoms with E-state index in [1.807, 2.05) is 0 Å². The summed E-state index contributed by atoms with van der Waals surface area (Å²) in [7, 11) is 0.257. The maximum atomic E-state index is 12.4. The summed E-state index contributed by atoms with van der Waals surface area (Å²) in [5.41, 5.74) is -4.75. The van der Waals surface area contributed by atoms with E-state index in [0.29, 0.717) is 0 Å². The molecule has 0 fully saturated rings. The quantitative estimate of drug-likeness (QED) is 0.576. The van der Waals surface area contributed by atoms with Crippen molar-refractivity contribution in [3.05, 3.63) is 0 Å². The molecule has 0 aromatic heterocycles. The second kappa shape index (κ2) is 6.60. The molecule has 0 amide bonds. The predicted octanol–water partition coefficient (Wildman–Crippen LogP) is 2.50. The largest absolute Gasteiger partial charge is 0.500 e. The Bertz CT molecular complexity index is 280. The summed E-state index contributed by atoms with van der Waals surface area (Å²) in [5.74, 6) is 0. The predicted molar refractivity (Wildman–Crippen MR) is 57.9 cm³/mol. The van der Waals surface area contributed by atoms with Crippen LogP contribution in [0.2, 0.25) is 6.04 Å². The van der Waals surface area contributed by atoms with Crippen molar-refractivity contribution in [2.45, 2.75) is 36.8 Å². The van der Waals surface area contributed by atoms with Crippen LogP contribution in [0.5, 0.6) is 0 Å². The third kappa shape index (κ3) is 4.07. The Hall–Kier alpha value is -0.363. The van der Waals surface area contributed by atoms with Crippen molar-refractivity contribution in [3.8, 4) is 0 Å². The van der Waals surface area contributed by atoms with E-state index in [9.17, 15) is 26.3 Å². The average Bonchev–Trinajstić information content (AvgIpc) is 2.32. The van der Waals surface area contributed by atoms with Crippen molar-refractivity contribution < 1.29 is 44.7 Å². The summed E-state index contributed by atoms with van der Waals surface area (Å²) < 4.78 is 89.1. The van der Waals surface area contributed by atoms with Gasteiger partial charge in [0.1, 0.15) is 0 Å². The van der Waals surface area contributed by atoms with Gasteiger partial charge in [0.25, 0.3) is 5.60 Å². The summed E-state index contributed by atoms with van der Waals surface area (Å²) in [6.45, 7) is 0. The fraction of sp³-hybridized carbons (Fsp3) is 1.00. The molecule has 0 aromatic rings. The van der Waals surface area contributed by atoms with Gasteiger partial charge in [-0.1, -0.05) is 0 Å². The lowest BCUT2D eigenvalue weighted by Crippen LogP contribution is -2.57.